The Kier molecular flexibility index (Phi) is 3.25. The molecule has 8 heteroatoms. The maximum atomic E-state index is 11.7. The van der Waals surface area contributed by atoms with E-state index in [9.17, 15) is 14.7 Å². The summed E-state index contributed by atoms with van der Waals surface area (Å²) in [5, 5.41) is 16.2. The Bertz CT molecular complexity index is 776. The van der Waals surface area contributed by atoms with Gasteiger partial charge in [-0.25, -0.2) is 14.7 Å². The molecule has 0 spiro atoms. The molecule has 1 aromatic carbocycles. The van der Waals surface area contributed by atoms with E-state index in [4.69, 9.17) is 5.73 Å². The van der Waals surface area contributed by atoms with Crippen molar-refractivity contribution in [3.05, 3.63) is 33.7 Å². The highest BCUT2D eigenvalue weighted by molar-refractivity contribution is 7.99. The van der Waals surface area contributed by atoms with E-state index in [1.165, 1.54) is 17.8 Å². The van der Waals surface area contributed by atoms with Gasteiger partial charge in [0.25, 0.3) is 0 Å². The molecule has 1 aliphatic rings. The highest BCUT2D eigenvalue weighted by Gasteiger charge is 2.29. The van der Waals surface area contributed by atoms with Gasteiger partial charge >= 0.3 is 11.7 Å². The van der Waals surface area contributed by atoms with Gasteiger partial charge in [0.15, 0.2) is 5.16 Å². The first-order valence-electron chi connectivity index (χ1n) is 6.45. The number of benzene rings is 1. The van der Waals surface area contributed by atoms with E-state index in [1.807, 2.05) is 0 Å². The fourth-order valence-electron chi connectivity index (χ4n) is 2.12. The number of hydrogen-bond acceptors (Lipinski definition) is 5. The molecule has 1 heterocycles. The van der Waals surface area contributed by atoms with E-state index in [-0.39, 0.29) is 23.0 Å². The van der Waals surface area contributed by atoms with Gasteiger partial charge in [-0.15, -0.1) is 5.10 Å². The van der Waals surface area contributed by atoms with Gasteiger partial charge < -0.3 is 10.8 Å². The van der Waals surface area contributed by atoms with Crippen LogP contribution < -0.4 is 11.4 Å². The molecule has 110 valence electrons. The van der Waals surface area contributed by atoms with Gasteiger partial charge in [-0.3, -0.25) is 4.57 Å². The molecule has 21 heavy (non-hydrogen) atoms. The van der Waals surface area contributed by atoms with Gasteiger partial charge in [-0.1, -0.05) is 0 Å². The van der Waals surface area contributed by atoms with Crippen LogP contribution in [0.4, 0.5) is 5.69 Å². The molecule has 1 saturated carbocycles. The SMILES string of the molecule is Cc1cc(Sc2n[nH]c(=O)n2C2CC2)cc(C(=O)O)c1N. The fraction of sp³-hybridized carbons (Fsp3) is 0.308. The summed E-state index contributed by atoms with van der Waals surface area (Å²) in [6.07, 6.45) is 1.93. The second-order valence-corrected chi connectivity index (χ2v) is 6.06. The second kappa shape index (κ2) is 4.96. The number of carboxylic acids is 1. The van der Waals surface area contributed by atoms with Gasteiger partial charge in [-0.05, 0) is 49.2 Å². The molecule has 0 unspecified atom stereocenters. The zero-order valence-corrected chi connectivity index (χ0v) is 12.1. The number of nitrogen functional groups attached to an aromatic ring is 1. The first kappa shape index (κ1) is 13.7. The number of nitrogens with zero attached hydrogens (tertiary/aromatic N) is 2. The number of aromatic nitrogens is 3. The Morgan fingerprint density at radius 3 is 2.86 bits per heavy atom. The zero-order chi connectivity index (χ0) is 15.1. The molecule has 4 N–H and O–H groups in total. The summed E-state index contributed by atoms with van der Waals surface area (Å²) < 4.78 is 1.62. The fourth-order valence-corrected chi connectivity index (χ4v) is 3.17. The number of anilines is 1. The van der Waals surface area contributed by atoms with Crippen molar-refractivity contribution in [3.63, 3.8) is 0 Å². The van der Waals surface area contributed by atoms with Crippen molar-refractivity contribution < 1.29 is 9.90 Å². The number of aryl methyl sites for hydroxylation is 1. The number of aromatic carboxylic acids is 1. The average molecular weight is 306 g/mol. The molecule has 1 fully saturated rings. The molecule has 0 amide bonds. The summed E-state index contributed by atoms with van der Waals surface area (Å²) in [6, 6.07) is 3.50. The number of nitrogens with one attached hydrogen (secondary N) is 1. The van der Waals surface area contributed by atoms with Crippen LogP contribution in [-0.2, 0) is 0 Å². The van der Waals surface area contributed by atoms with Gasteiger partial charge in [-0.2, -0.15) is 0 Å². The Morgan fingerprint density at radius 1 is 1.52 bits per heavy atom. The lowest BCUT2D eigenvalue weighted by molar-refractivity contribution is 0.0697. The van der Waals surface area contributed by atoms with Crippen molar-refractivity contribution in [2.45, 2.75) is 35.9 Å². The Morgan fingerprint density at radius 2 is 2.24 bits per heavy atom. The number of aromatic amines is 1. The third kappa shape index (κ3) is 2.54. The van der Waals surface area contributed by atoms with Crippen LogP contribution >= 0.6 is 11.8 Å². The minimum Gasteiger partial charge on any atom is -0.478 e. The van der Waals surface area contributed by atoms with Crippen LogP contribution in [0.5, 0.6) is 0 Å². The second-order valence-electron chi connectivity index (χ2n) is 5.02. The first-order chi connectivity index (χ1) is 9.97. The van der Waals surface area contributed by atoms with Crippen molar-refractivity contribution in [1.82, 2.24) is 14.8 Å². The quantitative estimate of drug-likeness (QED) is 0.740. The number of hydrogen-bond donors (Lipinski definition) is 3. The van der Waals surface area contributed by atoms with Crippen LogP contribution in [0.3, 0.4) is 0 Å². The average Bonchev–Trinajstić information content (AvgIpc) is 3.18. The minimum absolute atomic E-state index is 0.0633. The maximum absolute atomic E-state index is 11.7. The number of rotatable bonds is 4. The molecule has 0 atom stereocenters. The summed E-state index contributed by atoms with van der Waals surface area (Å²) in [5.41, 5.74) is 6.55. The molecule has 2 aromatic rings. The third-order valence-corrected chi connectivity index (χ3v) is 4.33. The standard InChI is InChI=1S/C13H14N4O3S/c1-6-4-8(5-9(10(6)14)11(18)19)21-13-16-15-12(20)17(13)7-2-3-7/h4-5,7H,2-3,14H2,1H3,(H,15,20)(H,18,19). The van der Waals surface area contributed by atoms with Crippen molar-refractivity contribution in [1.29, 1.82) is 0 Å². The van der Waals surface area contributed by atoms with Crippen molar-refractivity contribution in [2.24, 2.45) is 0 Å². The first-order valence-corrected chi connectivity index (χ1v) is 7.27. The number of carbonyl (C=O) groups is 1. The number of carboxylic acid groups (broad SMARTS) is 1. The molecule has 0 bridgehead atoms. The lowest BCUT2D eigenvalue weighted by Gasteiger charge is -2.09. The predicted octanol–water partition coefficient (Wildman–Crippen LogP) is 1.65. The molecular formula is C13H14N4O3S. The highest BCUT2D eigenvalue weighted by Crippen LogP contribution is 2.38. The smallest absolute Gasteiger partial charge is 0.344 e. The van der Waals surface area contributed by atoms with E-state index in [0.29, 0.717) is 15.6 Å². The molecule has 7 nitrogen and oxygen atoms in total. The van der Waals surface area contributed by atoms with Gasteiger partial charge in [0, 0.05) is 16.6 Å². The minimum atomic E-state index is -1.07. The van der Waals surface area contributed by atoms with Crippen LogP contribution in [0.15, 0.2) is 27.0 Å². The topological polar surface area (TPSA) is 114 Å². The summed E-state index contributed by atoms with van der Waals surface area (Å²) in [7, 11) is 0. The predicted molar refractivity (Wildman–Crippen MR) is 77.8 cm³/mol. The number of nitrogens with two attached hydrogens (primary N) is 1. The maximum Gasteiger partial charge on any atom is 0.344 e. The summed E-state index contributed by atoms with van der Waals surface area (Å²) in [5.74, 6) is -1.07. The molecule has 0 aliphatic heterocycles. The van der Waals surface area contributed by atoms with E-state index in [0.717, 1.165) is 12.8 Å². The molecule has 3 rings (SSSR count). The lowest BCUT2D eigenvalue weighted by atomic mass is 10.1. The van der Waals surface area contributed by atoms with Crippen molar-refractivity contribution in [2.75, 3.05) is 5.73 Å². The van der Waals surface area contributed by atoms with Gasteiger partial charge in [0.1, 0.15) is 0 Å². The van der Waals surface area contributed by atoms with Crippen LogP contribution in [0, 0.1) is 6.92 Å². The third-order valence-electron chi connectivity index (χ3n) is 3.38. The summed E-state index contributed by atoms with van der Waals surface area (Å²) in [4.78, 5) is 23.6. The Hall–Kier alpha value is -2.22. The zero-order valence-electron chi connectivity index (χ0n) is 11.3. The van der Waals surface area contributed by atoms with E-state index < -0.39 is 5.97 Å². The van der Waals surface area contributed by atoms with Gasteiger partial charge in [0.05, 0.1) is 5.56 Å². The van der Waals surface area contributed by atoms with Crippen LogP contribution in [0.1, 0.15) is 34.8 Å². The number of H-pyrrole nitrogens is 1. The van der Waals surface area contributed by atoms with Gasteiger partial charge in [0.2, 0.25) is 0 Å². The van der Waals surface area contributed by atoms with Crippen LogP contribution in [-0.4, -0.2) is 25.8 Å². The van der Waals surface area contributed by atoms with Crippen LogP contribution in [0.25, 0.3) is 0 Å². The van der Waals surface area contributed by atoms with E-state index >= 15 is 0 Å². The molecule has 0 saturated heterocycles. The van der Waals surface area contributed by atoms with Crippen molar-refractivity contribution in [3.8, 4) is 0 Å². The monoisotopic (exact) mass is 306 g/mol. The van der Waals surface area contributed by atoms with Crippen molar-refractivity contribution >= 4 is 23.4 Å². The van der Waals surface area contributed by atoms with E-state index in [2.05, 4.69) is 10.2 Å². The highest BCUT2D eigenvalue weighted by atomic mass is 32.2. The molecular weight excluding hydrogens is 292 g/mol. The summed E-state index contributed by atoms with van der Waals surface area (Å²) in [6.45, 7) is 1.75. The molecule has 0 radical (unpaired) electrons. The largest absolute Gasteiger partial charge is 0.478 e. The molecule has 1 aliphatic carbocycles. The normalized spacial score (nSPS) is 14.3. The van der Waals surface area contributed by atoms with Crippen LogP contribution in [0.2, 0.25) is 0 Å². The lowest BCUT2D eigenvalue weighted by Crippen LogP contribution is -2.16. The Labute approximate surface area is 124 Å². The molecule has 1 aromatic heterocycles. The summed E-state index contributed by atoms with van der Waals surface area (Å²) >= 11 is 1.26. The Balaban J connectivity index is 1.99. The van der Waals surface area contributed by atoms with E-state index in [1.54, 1.807) is 17.6 Å².